The fourth-order valence-electron chi connectivity index (χ4n) is 3.35. The van der Waals surface area contributed by atoms with Crippen LogP contribution in [0.5, 0.6) is 0 Å². The summed E-state index contributed by atoms with van der Waals surface area (Å²) in [6, 6.07) is 6.96. The molecule has 0 unspecified atom stereocenters. The van der Waals surface area contributed by atoms with Crippen molar-refractivity contribution in [1.82, 2.24) is 10.2 Å². The Bertz CT molecular complexity index is 647. The van der Waals surface area contributed by atoms with E-state index in [1.807, 2.05) is 18.7 Å². The number of rotatable bonds is 6. The number of hydrogen-bond donors (Lipinski definition) is 2. The molecule has 3 amide bonds. The first-order valence-electron chi connectivity index (χ1n) is 9.41. The van der Waals surface area contributed by atoms with Crippen LogP contribution in [0.4, 0.5) is 5.69 Å². The molecule has 0 bridgehead atoms. The molecule has 1 saturated heterocycles. The number of benzene rings is 1. The van der Waals surface area contributed by atoms with Crippen LogP contribution in [0.15, 0.2) is 24.3 Å². The summed E-state index contributed by atoms with van der Waals surface area (Å²) in [5, 5.41) is 5.72. The first kappa shape index (κ1) is 19.9. The lowest BCUT2D eigenvalue weighted by molar-refractivity contribution is -0.136. The van der Waals surface area contributed by atoms with Crippen molar-refractivity contribution < 1.29 is 14.4 Å². The molecule has 6 nitrogen and oxygen atoms in total. The van der Waals surface area contributed by atoms with E-state index in [1.54, 1.807) is 24.3 Å². The molecule has 2 N–H and O–H groups in total. The van der Waals surface area contributed by atoms with Gasteiger partial charge >= 0.3 is 0 Å². The highest BCUT2D eigenvalue weighted by Crippen LogP contribution is 2.18. The van der Waals surface area contributed by atoms with Gasteiger partial charge in [0.1, 0.15) is 0 Å². The van der Waals surface area contributed by atoms with E-state index in [2.05, 4.69) is 10.6 Å². The lowest BCUT2D eigenvalue weighted by atomic mass is 9.98. The van der Waals surface area contributed by atoms with Crippen molar-refractivity contribution in [2.75, 3.05) is 18.4 Å². The van der Waals surface area contributed by atoms with Crippen molar-refractivity contribution in [3.63, 3.8) is 0 Å². The molecule has 0 radical (unpaired) electrons. The Morgan fingerprint density at radius 1 is 1.15 bits per heavy atom. The second kappa shape index (κ2) is 9.36. The van der Waals surface area contributed by atoms with Gasteiger partial charge in [0.15, 0.2) is 0 Å². The number of carbonyl (C=O) groups excluding carboxylic acids is 3. The smallest absolute Gasteiger partial charge is 0.251 e. The van der Waals surface area contributed by atoms with Gasteiger partial charge in [0, 0.05) is 43.2 Å². The van der Waals surface area contributed by atoms with Gasteiger partial charge in [0.2, 0.25) is 11.8 Å². The van der Waals surface area contributed by atoms with Crippen LogP contribution in [-0.4, -0.2) is 41.8 Å². The zero-order chi connectivity index (χ0) is 19.1. The van der Waals surface area contributed by atoms with Crippen molar-refractivity contribution in [3.05, 3.63) is 29.8 Å². The summed E-state index contributed by atoms with van der Waals surface area (Å²) in [6.07, 6.45) is 3.28. The van der Waals surface area contributed by atoms with E-state index in [0.29, 0.717) is 24.3 Å². The summed E-state index contributed by atoms with van der Waals surface area (Å²) in [5.41, 5.74) is 1.13. The molecule has 0 saturated carbocycles. The Hall–Kier alpha value is -2.37. The predicted octanol–water partition coefficient (Wildman–Crippen LogP) is 2.80. The van der Waals surface area contributed by atoms with E-state index in [4.69, 9.17) is 0 Å². The molecule has 1 aromatic carbocycles. The van der Waals surface area contributed by atoms with Crippen molar-refractivity contribution in [2.24, 2.45) is 5.92 Å². The van der Waals surface area contributed by atoms with Crippen LogP contribution in [0.3, 0.4) is 0 Å². The first-order valence-corrected chi connectivity index (χ1v) is 9.41. The van der Waals surface area contributed by atoms with Gasteiger partial charge in [-0.05, 0) is 43.9 Å². The minimum atomic E-state index is -0.169. The number of hydrogen-bond acceptors (Lipinski definition) is 3. The molecule has 1 fully saturated rings. The van der Waals surface area contributed by atoms with Gasteiger partial charge in [-0.15, -0.1) is 0 Å². The highest BCUT2D eigenvalue weighted by atomic mass is 16.2. The molecular weight excluding hydrogens is 330 g/mol. The Balaban J connectivity index is 1.88. The quantitative estimate of drug-likeness (QED) is 0.820. The van der Waals surface area contributed by atoms with Gasteiger partial charge < -0.3 is 15.5 Å². The van der Waals surface area contributed by atoms with Gasteiger partial charge in [-0.25, -0.2) is 0 Å². The van der Waals surface area contributed by atoms with Crippen LogP contribution in [0.1, 0.15) is 56.8 Å². The van der Waals surface area contributed by atoms with Crippen molar-refractivity contribution in [1.29, 1.82) is 0 Å². The second-order valence-corrected chi connectivity index (χ2v) is 6.85. The average Bonchev–Trinajstić information content (AvgIpc) is 2.63. The average molecular weight is 359 g/mol. The van der Waals surface area contributed by atoms with E-state index in [1.165, 1.54) is 6.92 Å². The Morgan fingerprint density at radius 2 is 1.81 bits per heavy atom. The fraction of sp³-hybridized carbons (Fsp3) is 0.550. The summed E-state index contributed by atoms with van der Waals surface area (Å²) < 4.78 is 0. The Morgan fingerprint density at radius 3 is 2.38 bits per heavy atom. The lowest BCUT2D eigenvalue weighted by Crippen LogP contribution is -2.48. The Labute approximate surface area is 155 Å². The normalized spacial score (nSPS) is 15.0. The maximum Gasteiger partial charge on any atom is 0.251 e. The molecule has 0 spiro atoms. The largest absolute Gasteiger partial charge is 0.349 e. The van der Waals surface area contributed by atoms with Gasteiger partial charge in [-0.3, -0.25) is 14.4 Å². The number of carbonyl (C=O) groups is 3. The van der Waals surface area contributed by atoms with Crippen molar-refractivity contribution >= 4 is 23.4 Å². The monoisotopic (exact) mass is 359 g/mol. The topological polar surface area (TPSA) is 78.5 Å². The number of piperidine rings is 1. The van der Waals surface area contributed by atoms with Crippen LogP contribution in [0.25, 0.3) is 0 Å². The van der Waals surface area contributed by atoms with Gasteiger partial charge in [0.05, 0.1) is 0 Å². The van der Waals surface area contributed by atoms with Gasteiger partial charge in [-0.2, -0.15) is 0 Å². The molecule has 2 rings (SSSR count). The maximum atomic E-state index is 12.5. The first-order chi connectivity index (χ1) is 12.4. The number of nitrogens with one attached hydrogen (secondary N) is 2. The molecule has 0 aliphatic carbocycles. The highest BCUT2D eigenvalue weighted by Gasteiger charge is 2.27. The molecule has 1 aromatic rings. The molecule has 6 heteroatoms. The van der Waals surface area contributed by atoms with Gasteiger partial charge in [-0.1, -0.05) is 19.9 Å². The predicted molar refractivity (Wildman–Crippen MR) is 102 cm³/mol. The standard InChI is InChI=1S/C20H29N3O3/c1-4-15(5-2)20(26)23-11-9-17(10-12-23)22-19(25)16-7-6-8-18(13-16)21-14(3)24/h6-8,13,15,17H,4-5,9-12H2,1-3H3,(H,21,24)(H,22,25). The number of amides is 3. The molecule has 1 aliphatic heterocycles. The minimum Gasteiger partial charge on any atom is -0.349 e. The van der Waals surface area contributed by atoms with E-state index < -0.39 is 0 Å². The molecule has 1 aliphatic rings. The summed E-state index contributed by atoms with van der Waals surface area (Å²) in [4.78, 5) is 38.0. The maximum absolute atomic E-state index is 12.5. The molecule has 0 aromatic heterocycles. The molecular formula is C20H29N3O3. The third kappa shape index (κ3) is 5.31. The summed E-state index contributed by atoms with van der Waals surface area (Å²) in [5.74, 6) is 0.0273. The Kier molecular flexibility index (Phi) is 7.18. The van der Waals surface area contributed by atoms with E-state index in [9.17, 15) is 14.4 Å². The zero-order valence-corrected chi connectivity index (χ0v) is 15.9. The van der Waals surface area contributed by atoms with E-state index >= 15 is 0 Å². The molecule has 142 valence electrons. The second-order valence-electron chi connectivity index (χ2n) is 6.85. The van der Waals surface area contributed by atoms with Crippen LogP contribution in [0.2, 0.25) is 0 Å². The summed E-state index contributed by atoms with van der Waals surface area (Å²) in [7, 11) is 0. The number of nitrogens with zero attached hydrogens (tertiary/aromatic N) is 1. The lowest BCUT2D eigenvalue weighted by Gasteiger charge is -2.34. The molecule has 26 heavy (non-hydrogen) atoms. The summed E-state index contributed by atoms with van der Waals surface area (Å²) in [6.45, 7) is 6.91. The van der Waals surface area contributed by atoms with Crippen molar-refractivity contribution in [3.8, 4) is 0 Å². The van der Waals surface area contributed by atoms with Crippen molar-refractivity contribution in [2.45, 2.75) is 52.5 Å². The van der Waals surface area contributed by atoms with Crippen LogP contribution in [-0.2, 0) is 9.59 Å². The molecule has 1 heterocycles. The third-order valence-electron chi connectivity index (χ3n) is 4.92. The number of anilines is 1. The minimum absolute atomic E-state index is 0.0673. The SMILES string of the molecule is CCC(CC)C(=O)N1CCC(NC(=O)c2cccc(NC(C)=O)c2)CC1. The van der Waals surface area contributed by atoms with E-state index in [0.717, 1.165) is 25.7 Å². The highest BCUT2D eigenvalue weighted by molar-refractivity contribution is 5.97. The molecule has 0 atom stereocenters. The van der Waals surface area contributed by atoms with Crippen LogP contribution < -0.4 is 10.6 Å². The van der Waals surface area contributed by atoms with E-state index in [-0.39, 0.29) is 29.7 Å². The van der Waals surface area contributed by atoms with Gasteiger partial charge in [0.25, 0.3) is 5.91 Å². The van der Waals surface area contributed by atoms with Crippen LogP contribution >= 0.6 is 0 Å². The van der Waals surface area contributed by atoms with Crippen LogP contribution in [0, 0.1) is 5.92 Å². The third-order valence-corrected chi connectivity index (χ3v) is 4.92. The number of likely N-dealkylation sites (tertiary alicyclic amines) is 1. The zero-order valence-electron chi connectivity index (χ0n) is 15.9. The summed E-state index contributed by atoms with van der Waals surface area (Å²) >= 11 is 0. The fourth-order valence-corrected chi connectivity index (χ4v) is 3.35.